The molecule has 3 heteroatoms. The molecule has 0 heterocycles. The molecule has 0 radical (unpaired) electrons. The van der Waals surface area contributed by atoms with Crippen LogP contribution in [0.4, 0.5) is 0 Å². The largest absolute Gasteiger partial charge is 0.318 e. The van der Waals surface area contributed by atoms with E-state index >= 15 is 0 Å². The molecule has 0 N–H and O–H groups in total. The maximum Gasteiger partial charge on any atom is 0.0648 e. The Morgan fingerprint density at radius 1 is 1.78 bits per heavy atom. The maximum atomic E-state index is 8.26. The van der Waals surface area contributed by atoms with E-state index in [1.807, 2.05) is 6.92 Å². The lowest BCUT2D eigenvalue weighted by atomic mass is 10.1. The molecule has 0 aromatic heterocycles. The van der Waals surface area contributed by atoms with E-state index in [9.17, 15) is 0 Å². The lowest BCUT2D eigenvalue weighted by Crippen LogP contribution is -2.03. The molecular formula is C6H11NOS. The third-order valence-electron chi connectivity index (χ3n) is 1.27. The lowest BCUT2D eigenvalue weighted by molar-refractivity contribution is 0.289. The molecule has 0 aliphatic heterocycles. The second-order valence-corrected chi connectivity index (χ2v) is 2.19. The zero-order chi connectivity index (χ0) is 7.11. The van der Waals surface area contributed by atoms with Crippen molar-refractivity contribution < 1.29 is 4.18 Å². The van der Waals surface area contributed by atoms with Gasteiger partial charge in [-0.1, -0.05) is 13.3 Å². The van der Waals surface area contributed by atoms with E-state index in [-0.39, 0.29) is 0 Å². The Morgan fingerprint density at radius 2 is 2.44 bits per heavy atom. The first kappa shape index (κ1) is 8.80. The van der Waals surface area contributed by atoms with Crippen molar-refractivity contribution in [3.63, 3.8) is 0 Å². The van der Waals surface area contributed by atoms with E-state index in [1.165, 1.54) is 0 Å². The van der Waals surface area contributed by atoms with Crippen LogP contribution in [0.25, 0.3) is 0 Å². The Bertz CT molecular complexity index is 99.7. The van der Waals surface area contributed by atoms with Gasteiger partial charge in [-0.3, -0.25) is 0 Å². The fourth-order valence-corrected chi connectivity index (χ4v) is 0.766. The van der Waals surface area contributed by atoms with Gasteiger partial charge in [-0.05, 0) is 18.8 Å². The minimum absolute atomic E-state index is 0.354. The molecule has 0 rings (SSSR count). The summed E-state index contributed by atoms with van der Waals surface area (Å²) in [6, 6.07) is 2.09. The van der Waals surface area contributed by atoms with E-state index < -0.39 is 0 Å². The minimum Gasteiger partial charge on any atom is -0.318 e. The van der Waals surface area contributed by atoms with Crippen LogP contribution in [0.3, 0.4) is 0 Å². The van der Waals surface area contributed by atoms with Gasteiger partial charge in [-0.15, -0.1) is 0 Å². The molecule has 2 nitrogen and oxygen atoms in total. The van der Waals surface area contributed by atoms with Crippen molar-refractivity contribution in [2.75, 3.05) is 6.61 Å². The van der Waals surface area contributed by atoms with Crippen LogP contribution in [-0.2, 0) is 4.18 Å². The zero-order valence-corrected chi connectivity index (χ0v) is 6.40. The highest BCUT2D eigenvalue weighted by molar-refractivity contribution is 7.75. The number of nitriles is 1. The molecule has 0 amide bonds. The summed E-state index contributed by atoms with van der Waals surface area (Å²) in [5.74, 6) is 0.354. The molecule has 0 saturated carbocycles. The van der Waals surface area contributed by atoms with Crippen molar-refractivity contribution in [2.24, 2.45) is 5.92 Å². The molecule has 1 atom stereocenters. The summed E-state index contributed by atoms with van der Waals surface area (Å²) < 4.78 is 4.59. The highest BCUT2D eigenvalue weighted by Gasteiger charge is 2.03. The third-order valence-corrected chi connectivity index (χ3v) is 1.42. The van der Waals surface area contributed by atoms with Crippen molar-refractivity contribution in [1.82, 2.24) is 0 Å². The van der Waals surface area contributed by atoms with Crippen molar-refractivity contribution in [1.29, 1.82) is 5.26 Å². The molecule has 0 spiro atoms. The van der Waals surface area contributed by atoms with Gasteiger partial charge in [0.1, 0.15) is 0 Å². The number of nitrogens with zero attached hydrogens (tertiary/aromatic N) is 1. The quantitative estimate of drug-likeness (QED) is 0.483. The molecule has 0 aromatic rings. The first-order valence-electron chi connectivity index (χ1n) is 2.98. The summed E-state index contributed by atoms with van der Waals surface area (Å²) >= 11 is 3.60. The zero-order valence-electron chi connectivity index (χ0n) is 5.50. The van der Waals surface area contributed by atoms with Gasteiger partial charge in [-0.2, -0.15) is 5.26 Å². The van der Waals surface area contributed by atoms with Crippen molar-refractivity contribution in [3.05, 3.63) is 0 Å². The molecular weight excluding hydrogens is 134 g/mol. The van der Waals surface area contributed by atoms with Gasteiger partial charge in [0.25, 0.3) is 0 Å². The first-order valence-corrected chi connectivity index (χ1v) is 3.35. The fourth-order valence-electron chi connectivity index (χ4n) is 0.556. The molecule has 0 bridgehead atoms. The van der Waals surface area contributed by atoms with E-state index in [0.717, 1.165) is 6.42 Å². The summed E-state index contributed by atoms with van der Waals surface area (Å²) in [4.78, 5) is 0. The third kappa shape index (κ3) is 4.31. The molecule has 0 aliphatic rings. The van der Waals surface area contributed by atoms with E-state index in [1.54, 1.807) is 0 Å². The predicted molar refractivity (Wildman–Crippen MR) is 38.9 cm³/mol. The predicted octanol–water partition coefficient (Wildman–Crippen LogP) is 1.79. The van der Waals surface area contributed by atoms with Gasteiger partial charge in [-0.25, -0.2) is 0 Å². The summed E-state index contributed by atoms with van der Waals surface area (Å²) in [7, 11) is 0. The van der Waals surface area contributed by atoms with Gasteiger partial charge in [0.05, 0.1) is 12.7 Å². The average molecular weight is 145 g/mol. The second-order valence-electron chi connectivity index (χ2n) is 1.93. The molecule has 0 saturated heterocycles. The molecule has 0 aromatic carbocycles. The van der Waals surface area contributed by atoms with Gasteiger partial charge >= 0.3 is 0 Å². The van der Waals surface area contributed by atoms with Crippen LogP contribution in [-0.4, -0.2) is 6.61 Å². The van der Waals surface area contributed by atoms with Crippen LogP contribution in [0.2, 0.25) is 0 Å². The SMILES string of the molecule is CCC(CC#N)COS. The second kappa shape index (κ2) is 5.93. The summed E-state index contributed by atoms with van der Waals surface area (Å²) in [5, 5.41) is 8.26. The van der Waals surface area contributed by atoms with Crippen LogP contribution in [0.15, 0.2) is 0 Å². The Labute approximate surface area is 61.4 Å². The molecule has 9 heavy (non-hydrogen) atoms. The minimum atomic E-state index is 0.354. The van der Waals surface area contributed by atoms with Gasteiger partial charge in [0.2, 0.25) is 0 Å². The van der Waals surface area contributed by atoms with E-state index in [4.69, 9.17) is 5.26 Å². The van der Waals surface area contributed by atoms with Crippen molar-refractivity contribution in [2.45, 2.75) is 19.8 Å². The maximum absolute atomic E-state index is 8.26. The highest BCUT2D eigenvalue weighted by Crippen LogP contribution is 2.07. The monoisotopic (exact) mass is 145 g/mol. The van der Waals surface area contributed by atoms with E-state index in [0.29, 0.717) is 18.9 Å². The number of hydrogen-bond donors (Lipinski definition) is 1. The van der Waals surface area contributed by atoms with Crippen LogP contribution in [0.5, 0.6) is 0 Å². The molecule has 0 fully saturated rings. The van der Waals surface area contributed by atoms with Gasteiger partial charge < -0.3 is 4.18 Å². The van der Waals surface area contributed by atoms with Gasteiger partial charge in [0.15, 0.2) is 0 Å². The Hall–Kier alpha value is -0.200. The Balaban J connectivity index is 3.32. The molecule has 52 valence electrons. The summed E-state index contributed by atoms with van der Waals surface area (Å²) in [6.07, 6.45) is 1.55. The van der Waals surface area contributed by atoms with Gasteiger partial charge in [0, 0.05) is 6.42 Å². The Morgan fingerprint density at radius 3 is 2.78 bits per heavy atom. The average Bonchev–Trinajstić information content (AvgIpc) is 1.88. The molecule has 0 aliphatic carbocycles. The van der Waals surface area contributed by atoms with Crippen molar-refractivity contribution >= 4 is 12.9 Å². The first-order chi connectivity index (χ1) is 4.35. The normalized spacial score (nSPS) is 12.6. The summed E-state index contributed by atoms with van der Waals surface area (Å²) in [5.41, 5.74) is 0. The van der Waals surface area contributed by atoms with E-state index in [2.05, 4.69) is 23.2 Å². The fraction of sp³-hybridized carbons (Fsp3) is 0.833. The van der Waals surface area contributed by atoms with Crippen LogP contribution < -0.4 is 0 Å². The molecule has 1 unspecified atom stereocenters. The van der Waals surface area contributed by atoms with Crippen LogP contribution in [0, 0.1) is 17.2 Å². The summed E-state index contributed by atoms with van der Waals surface area (Å²) in [6.45, 7) is 2.61. The number of rotatable bonds is 4. The number of hydrogen-bond acceptors (Lipinski definition) is 3. The highest BCUT2D eigenvalue weighted by atomic mass is 32.1. The smallest absolute Gasteiger partial charge is 0.0648 e. The van der Waals surface area contributed by atoms with Crippen LogP contribution >= 0.6 is 12.9 Å². The number of thiol groups is 1. The Kier molecular flexibility index (Phi) is 5.80. The standard InChI is InChI=1S/C6H11NOS/c1-2-6(3-4-7)5-8-9/h6,9H,2-3,5H2,1H3. The van der Waals surface area contributed by atoms with Crippen molar-refractivity contribution in [3.8, 4) is 6.07 Å². The van der Waals surface area contributed by atoms with Crippen LogP contribution in [0.1, 0.15) is 19.8 Å². The lowest BCUT2D eigenvalue weighted by Gasteiger charge is -2.06. The topological polar surface area (TPSA) is 33.0 Å².